The van der Waals surface area contributed by atoms with Gasteiger partial charge in [-0.2, -0.15) is 0 Å². The molecule has 7 heteroatoms. The zero-order valence-corrected chi connectivity index (χ0v) is 19.2. The van der Waals surface area contributed by atoms with Crippen molar-refractivity contribution in [2.75, 3.05) is 32.8 Å². The molecule has 168 valence electrons. The van der Waals surface area contributed by atoms with Gasteiger partial charge in [0.15, 0.2) is 0 Å². The highest BCUT2D eigenvalue weighted by Crippen LogP contribution is 2.28. The molecule has 0 bridgehead atoms. The van der Waals surface area contributed by atoms with Crippen LogP contribution in [0.2, 0.25) is 5.02 Å². The van der Waals surface area contributed by atoms with Crippen molar-refractivity contribution in [2.24, 2.45) is 0 Å². The molecular formula is C25H29ClN4O2. The van der Waals surface area contributed by atoms with Crippen molar-refractivity contribution in [2.45, 2.75) is 38.5 Å². The zero-order valence-electron chi connectivity index (χ0n) is 18.4. The monoisotopic (exact) mass is 452 g/mol. The van der Waals surface area contributed by atoms with E-state index in [2.05, 4.69) is 46.7 Å². The van der Waals surface area contributed by atoms with Crippen LogP contribution >= 0.6 is 11.6 Å². The lowest BCUT2D eigenvalue weighted by atomic mass is 10.1. The van der Waals surface area contributed by atoms with Gasteiger partial charge in [0, 0.05) is 44.4 Å². The van der Waals surface area contributed by atoms with Gasteiger partial charge in [0.2, 0.25) is 0 Å². The van der Waals surface area contributed by atoms with Crippen molar-refractivity contribution in [1.29, 1.82) is 0 Å². The SMILES string of the molecule is C[C@H](c1nc2cc(Cl)ccc2n1Cc1ccccc1)N1CCN(C(=O)[C@@H]2CCCO2)CC1. The molecule has 3 aromatic rings. The summed E-state index contributed by atoms with van der Waals surface area (Å²) in [5, 5.41) is 0.697. The molecule has 2 aliphatic rings. The smallest absolute Gasteiger partial charge is 0.251 e. The number of hydrogen-bond acceptors (Lipinski definition) is 4. The highest BCUT2D eigenvalue weighted by molar-refractivity contribution is 6.31. The predicted molar refractivity (Wildman–Crippen MR) is 126 cm³/mol. The summed E-state index contributed by atoms with van der Waals surface area (Å²) in [6.45, 7) is 6.79. The molecule has 1 amide bonds. The van der Waals surface area contributed by atoms with Gasteiger partial charge in [0.1, 0.15) is 11.9 Å². The van der Waals surface area contributed by atoms with Crippen LogP contribution in [0.5, 0.6) is 0 Å². The van der Waals surface area contributed by atoms with Crippen molar-refractivity contribution >= 4 is 28.5 Å². The maximum absolute atomic E-state index is 12.7. The van der Waals surface area contributed by atoms with Gasteiger partial charge < -0.3 is 14.2 Å². The zero-order chi connectivity index (χ0) is 22.1. The molecule has 0 saturated carbocycles. The van der Waals surface area contributed by atoms with Crippen LogP contribution in [0.4, 0.5) is 0 Å². The molecule has 2 saturated heterocycles. The maximum Gasteiger partial charge on any atom is 0.251 e. The minimum atomic E-state index is -0.237. The van der Waals surface area contributed by atoms with Crippen molar-refractivity contribution in [3.05, 3.63) is 64.9 Å². The number of imidazole rings is 1. The summed E-state index contributed by atoms with van der Waals surface area (Å²) in [6.07, 6.45) is 1.59. The van der Waals surface area contributed by atoms with Crippen LogP contribution in [0.25, 0.3) is 11.0 Å². The molecule has 3 heterocycles. The number of benzene rings is 2. The number of fused-ring (bicyclic) bond motifs is 1. The molecule has 2 atom stereocenters. The van der Waals surface area contributed by atoms with Crippen molar-refractivity contribution < 1.29 is 9.53 Å². The second-order valence-electron chi connectivity index (χ2n) is 8.71. The van der Waals surface area contributed by atoms with Crippen LogP contribution in [0.15, 0.2) is 48.5 Å². The van der Waals surface area contributed by atoms with Crippen LogP contribution in [0, 0.1) is 0 Å². The van der Waals surface area contributed by atoms with E-state index >= 15 is 0 Å². The van der Waals surface area contributed by atoms with E-state index in [1.165, 1.54) is 5.56 Å². The first-order valence-electron chi connectivity index (χ1n) is 11.4. The van der Waals surface area contributed by atoms with E-state index in [0.717, 1.165) is 62.4 Å². The number of carbonyl (C=O) groups is 1. The van der Waals surface area contributed by atoms with Gasteiger partial charge in [-0.25, -0.2) is 4.98 Å². The van der Waals surface area contributed by atoms with Gasteiger partial charge in [-0.1, -0.05) is 41.9 Å². The van der Waals surface area contributed by atoms with E-state index in [9.17, 15) is 4.79 Å². The number of carbonyl (C=O) groups excluding carboxylic acids is 1. The normalized spacial score (nSPS) is 20.7. The Labute approximate surface area is 193 Å². The highest BCUT2D eigenvalue weighted by Gasteiger charge is 2.32. The largest absolute Gasteiger partial charge is 0.368 e. The lowest BCUT2D eigenvalue weighted by molar-refractivity contribution is -0.143. The fourth-order valence-electron chi connectivity index (χ4n) is 4.84. The number of halogens is 1. The lowest BCUT2D eigenvalue weighted by Crippen LogP contribution is -2.52. The maximum atomic E-state index is 12.7. The number of ether oxygens (including phenoxy) is 1. The van der Waals surface area contributed by atoms with Gasteiger partial charge in [-0.3, -0.25) is 9.69 Å². The second-order valence-corrected chi connectivity index (χ2v) is 9.15. The quantitative estimate of drug-likeness (QED) is 0.584. The Morgan fingerprint density at radius 1 is 1.16 bits per heavy atom. The Morgan fingerprint density at radius 2 is 1.94 bits per heavy atom. The summed E-state index contributed by atoms with van der Waals surface area (Å²) >= 11 is 6.26. The molecule has 0 unspecified atom stereocenters. The predicted octanol–water partition coefficient (Wildman–Crippen LogP) is 4.12. The Balaban J connectivity index is 1.36. The lowest BCUT2D eigenvalue weighted by Gasteiger charge is -2.38. The van der Waals surface area contributed by atoms with Gasteiger partial charge in [-0.15, -0.1) is 0 Å². The molecule has 32 heavy (non-hydrogen) atoms. The van der Waals surface area contributed by atoms with E-state index < -0.39 is 0 Å². The number of amides is 1. The third-order valence-electron chi connectivity index (χ3n) is 6.68. The molecule has 0 radical (unpaired) electrons. The van der Waals surface area contributed by atoms with E-state index in [0.29, 0.717) is 11.6 Å². The van der Waals surface area contributed by atoms with Gasteiger partial charge >= 0.3 is 0 Å². The number of aromatic nitrogens is 2. The third kappa shape index (κ3) is 4.27. The summed E-state index contributed by atoms with van der Waals surface area (Å²) in [4.78, 5) is 22.1. The fourth-order valence-corrected chi connectivity index (χ4v) is 5.01. The molecule has 1 aromatic heterocycles. The molecule has 2 aromatic carbocycles. The van der Waals surface area contributed by atoms with Crippen LogP contribution < -0.4 is 0 Å². The Bertz CT molecular complexity index is 1090. The van der Waals surface area contributed by atoms with E-state index in [4.69, 9.17) is 21.3 Å². The number of nitrogens with zero attached hydrogens (tertiary/aromatic N) is 4. The number of hydrogen-bond donors (Lipinski definition) is 0. The van der Waals surface area contributed by atoms with Crippen molar-refractivity contribution in [3.8, 4) is 0 Å². The van der Waals surface area contributed by atoms with Crippen molar-refractivity contribution in [1.82, 2.24) is 19.4 Å². The molecule has 6 nitrogen and oxygen atoms in total. The van der Waals surface area contributed by atoms with Gasteiger partial charge in [0.05, 0.1) is 17.1 Å². The van der Waals surface area contributed by atoms with E-state index in [-0.39, 0.29) is 18.1 Å². The average molecular weight is 453 g/mol. The minimum absolute atomic E-state index is 0.130. The molecule has 0 spiro atoms. The first kappa shape index (κ1) is 21.4. The molecule has 0 N–H and O–H groups in total. The summed E-state index contributed by atoms with van der Waals surface area (Å²) < 4.78 is 7.90. The van der Waals surface area contributed by atoms with Gasteiger partial charge in [0.25, 0.3) is 5.91 Å². The molecule has 2 aliphatic heterocycles. The van der Waals surface area contributed by atoms with E-state index in [1.807, 2.05) is 23.1 Å². The minimum Gasteiger partial charge on any atom is -0.368 e. The summed E-state index contributed by atoms with van der Waals surface area (Å²) in [7, 11) is 0. The van der Waals surface area contributed by atoms with Crippen LogP contribution in [0.1, 0.15) is 37.2 Å². The van der Waals surface area contributed by atoms with Gasteiger partial charge in [-0.05, 0) is 43.5 Å². The van der Waals surface area contributed by atoms with Crippen LogP contribution in [0.3, 0.4) is 0 Å². The van der Waals surface area contributed by atoms with E-state index in [1.54, 1.807) is 0 Å². The van der Waals surface area contributed by atoms with Crippen LogP contribution in [-0.2, 0) is 16.1 Å². The number of rotatable bonds is 5. The molecule has 2 fully saturated rings. The Hall–Kier alpha value is -2.41. The molecular weight excluding hydrogens is 424 g/mol. The first-order valence-corrected chi connectivity index (χ1v) is 11.8. The Kier molecular flexibility index (Phi) is 6.17. The molecule has 5 rings (SSSR count). The average Bonchev–Trinajstić information content (AvgIpc) is 3.47. The first-order chi connectivity index (χ1) is 15.6. The second kappa shape index (κ2) is 9.22. The molecule has 0 aliphatic carbocycles. The number of piperazine rings is 1. The Morgan fingerprint density at radius 3 is 2.66 bits per heavy atom. The summed E-state index contributed by atoms with van der Waals surface area (Å²) in [6, 6.07) is 16.5. The van der Waals surface area contributed by atoms with Crippen molar-refractivity contribution in [3.63, 3.8) is 0 Å². The third-order valence-corrected chi connectivity index (χ3v) is 6.91. The summed E-state index contributed by atoms with van der Waals surface area (Å²) in [5.41, 5.74) is 3.25. The topological polar surface area (TPSA) is 50.6 Å². The van der Waals surface area contributed by atoms with Crippen LogP contribution in [-0.4, -0.2) is 64.1 Å². The summed E-state index contributed by atoms with van der Waals surface area (Å²) in [5.74, 6) is 1.19. The fraction of sp³-hybridized carbons (Fsp3) is 0.440. The highest BCUT2D eigenvalue weighted by atomic mass is 35.5. The standard InChI is InChI=1S/C25H29ClN4O2/c1-18(28-11-13-29(14-12-28)25(31)23-8-5-15-32-23)24-27-21-16-20(26)9-10-22(21)30(24)17-19-6-3-2-4-7-19/h2-4,6-7,9-10,16,18,23H,5,8,11-15,17H2,1H3/t18-,23+/m1/s1.